The van der Waals surface area contributed by atoms with E-state index in [0.717, 1.165) is 10.6 Å². The molecule has 2 aliphatic rings. The molecule has 0 unspecified atom stereocenters. The maximum atomic E-state index is 13.3. The van der Waals surface area contributed by atoms with Crippen LogP contribution in [0.4, 0.5) is 4.79 Å². The fraction of sp³-hybridized carbons (Fsp3) is 0.185. The number of amides is 4. The zero-order valence-corrected chi connectivity index (χ0v) is 19.0. The van der Waals surface area contributed by atoms with Crippen molar-refractivity contribution in [2.45, 2.75) is 31.4 Å². The average Bonchev–Trinajstić information content (AvgIpc) is 3.14. The van der Waals surface area contributed by atoms with Crippen LogP contribution in [0.3, 0.4) is 0 Å². The number of rotatable bonds is 5. The third-order valence-corrected chi connectivity index (χ3v) is 6.52. The molecule has 0 aromatic heterocycles. The van der Waals surface area contributed by atoms with Crippen molar-refractivity contribution in [3.8, 4) is 0 Å². The van der Waals surface area contributed by atoms with Gasteiger partial charge in [-0.15, -0.1) is 0 Å². The molecule has 176 valence electrons. The summed E-state index contributed by atoms with van der Waals surface area (Å²) in [6, 6.07) is 22.2. The molecule has 3 aromatic rings. The Labute approximate surface area is 201 Å². The van der Waals surface area contributed by atoms with Gasteiger partial charge in [0.15, 0.2) is 0 Å². The number of urea groups is 1. The first-order valence-corrected chi connectivity index (χ1v) is 11.3. The summed E-state index contributed by atoms with van der Waals surface area (Å²) in [5.41, 5.74) is 3.94. The van der Waals surface area contributed by atoms with Crippen LogP contribution in [-0.2, 0) is 21.5 Å². The Balaban J connectivity index is 1.38. The van der Waals surface area contributed by atoms with Gasteiger partial charge in [-0.3, -0.25) is 15.0 Å². The number of hydrogen-bond donors (Lipinski definition) is 2. The summed E-state index contributed by atoms with van der Waals surface area (Å²) >= 11 is 0. The van der Waals surface area contributed by atoms with Crippen LogP contribution in [0.25, 0.3) is 0 Å². The van der Waals surface area contributed by atoms with Gasteiger partial charge in [0.05, 0.1) is 5.56 Å². The molecule has 35 heavy (non-hydrogen) atoms. The fourth-order valence-corrected chi connectivity index (χ4v) is 4.60. The Kier molecular flexibility index (Phi) is 5.56. The first-order chi connectivity index (χ1) is 16.9. The zero-order valence-electron chi connectivity index (χ0n) is 19.0. The van der Waals surface area contributed by atoms with E-state index in [-0.39, 0.29) is 5.56 Å². The van der Waals surface area contributed by atoms with Crippen LogP contribution in [0.5, 0.6) is 0 Å². The van der Waals surface area contributed by atoms with Gasteiger partial charge in [0.25, 0.3) is 11.8 Å². The van der Waals surface area contributed by atoms with E-state index >= 15 is 0 Å². The van der Waals surface area contributed by atoms with E-state index in [1.165, 1.54) is 12.1 Å². The number of hydrogen-bond acceptors (Lipinski definition) is 5. The predicted octanol–water partition coefficient (Wildman–Crippen LogP) is 3.64. The van der Waals surface area contributed by atoms with Gasteiger partial charge >= 0.3 is 12.0 Å². The van der Waals surface area contributed by atoms with E-state index < -0.39 is 35.5 Å². The summed E-state index contributed by atoms with van der Waals surface area (Å²) in [5, 5.41) is 3.45. The molecular formula is C27H23N3O5. The SMILES string of the molecule is CC[C@@]1(c2ccccc2)NC(=O)N(NC(=O)c2ccc3c(c2)C[C@H](c2ccccc2)OC3=O)C1=O. The minimum absolute atomic E-state index is 0.222. The fourth-order valence-electron chi connectivity index (χ4n) is 4.60. The molecule has 4 amide bonds. The number of esters is 1. The summed E-state index contributed by atoms with van der Waals surface area (Å²) in [7, 11) is 0. The maximum absolute atomic E-state index is 13.3. The van der Waals surface area contributed by atoms with E-state index in [1.54, 1.807) is 37.3 Å². The van der Waals surface area contributed by atoms with Crippen molar-refractivity contribution in [3.05, 3.63) is 107 Å². The summed E-state index contributed by atoms with van der Waals surface area (Å²) in [5.74, 6) is -1.65. The second-order valence-corrected chi connectivity index (χ2v) is 8.52. The molecule has 0 bridgehead atoms. The zero-order chi connectivity index (χ0) is 24.6. The smallest absolute Gasteiger partial charge is 0.344 e. The molecule has 0 radical (unpaired) electrons. The van der Waals surface area contributed by atoms with Gasteiger partial charge in [-0.25, -0.2) is 9.59 Å². The Bertz CT molecular complexity index is 1330. The molecular weight excluding hydrogens is 446 g/mol. The van der Waals surface area contributed by atoms with Crippen molar-refractivity contribution in [1.29, 1.82) is 0 Å². The lowest BCUT2D eigenvalue weighted by atomic mass is 9.87. The molecule has 5 rings (SSSR count). The maximum Gasteiger partial charge on any atom is 0.344 e. The Morgan fingerprint density at radius 1 is 1.03 bits per heavy atom. The van der Waals surface area contributed by atoms with Gasteiger partial charge in [-0.05, 0) is 41.3 Å². The number of nitrogens with one attached hydrogen (secondary N) is 2. The van der Waals surface area contributed by atoms with Crippen LogP contribution in [0.1, 0.15) is 56.9 Å². The predicted molar refractivity (Wildman–Crippen MR) is 126 cm³/mol. The summed E-state index contributed by atoms with van der Waals surface area (Å²) in [6.45, 7) is 1.79. The van der Waals surface area contributed by atoms with Gasteiger partial charge in [-0.1, -0.05) is 67.6 Å². The van der Waals surface area contributed by atoms with E-state index in [2.05, 4.69) is 10.7 Å². The molecule has 8 heteroatoms. The number of nitrogens with zero attached hydrogens (tertiary/aromatic N) is 1. The molecule has 0 saturated carbocycles. The number of carbonyl (C=O) groups is 4. The standard InChI is InChI=1S/C27H23N3O5/c1-2-27(20-11-7-4-8-12-20)25(33)30(26(34)28-27)29-23(31)18-13-14-21-19(15-18)16-22(35-24(21)32)17-9-5-3-6-10-17/h3-15,22H,2,16H2,1H3,(H,28,34)(H,29,31)/t22-,27+/m1/s1. The Hall–Kier alpha value is -4.46. The highest BCUT2D eigenvalue weighted by molar-refractivity contribution is 6.09. The van der Waals surface area contributed by atoms with E-state index in [1.807, 2.05) is 36.4 Å². The first-order valence-electron chi connectivity index (χ1n) is 11.3. The molecule has 2 atom stereocenters. The molecule has 2 N–H and O–H groups in total. The van der Waals surface area contributed by atoms with Crippen molar-refractivity contribution in [3.63, 3.8) is 0 Å². The van der Waals surface area contributed by atoms with Crippen LogP contribution in [0.2, 0.25) is 0 Å². The molecule has 0 aliphatic carbocycles. The van der Waals surface area contributed by atoms with Crippen molar-refractivity contribution in [2.75, 3.05) is 0 Å². The topological polar surface area (TPSA) is 105 Å². The first kappa shape index (κ1) is 22.3. The monoisotopic (exact) mass is 469 g/mol. The largest absolute Gasteiger partial charge is 0.454 e. The lowest BCUT2D eigenvalue weighted by Crippen LogP contribution is -2.48. The highest BCUT2D eigenvalue weighted by Gasteiger charge is 2.52. The Morgan fingerprint density at radius 3 is 2.40 bits per heavy atom. The molecule has 3 aromatic carbocycles. The van der Waals surface area contributed by atoms with Gasteiger partial charge in [0, 0.05) is 12.0 Å². The minimum Gasteiger partial charge on any atom is -0.454 e. The van der Waals surface area contributed by atoms with Gasteiger partial charge in [0.1, 0.15) is 11.6 Å². The summed E-state index contributed by atoms with van der Waals surface area (Å²) in [4.78, 5) is 51.5. The van der Waals surface area contributed by atoms with E-state index in [9.17, 15) is 19.2 Å². The van der Waals surface area contributed by atoms with Gasteiger partial charge < -0.3 is 10.1 Å². The third kappa shape index (κ3) is 3.82. The molecule has 0 spiro atoms. The third-order valence-electron chi connectivity index (χ3n) is 6.52. The molecule has 1 fully saturated rings. The molecule has 8 nitrogen and oxygen atoms in total. The van der Waals surface area contributed by atoms with Crippen LogP contribution in [-0.4, -0.2) is 28.8 Å². The number of hydrazine groups is 1. The van der Waals surface area contributed by atoms with Crippen LogP contribution < -0.4 is 10.7 Å². The second-order valence-electron chi connectivity index (χ2n) is 8.52. The van der Waals surface area contributed by atoms with Crippen molar-refractivity contribution >= 4 is 23.8 Å². The number of ether oxygens (including phenoxy) is 1. The average molecular weight is 469 g/mol. The van der Waals surface area contributed by atoms with Gasteiger partial charge in [-0.2, -0.15) is 5.01 Å². The van der Waals surface area contributed by atoms with Crippen molar-refractivity contribution < 1.29 is 23.9 Å². The molecule has 2 aliphatic heterocycles. The highest BCUT2D eigenvalue weighted by Crippen LogP contribution is 2.33. The normalized spacial score (nSPS) is 21.2. The van der Waals surface area contributed by atoms with Crippen LogP contribution in [0.15, 0.2) is 78.9 Å². The molecule has 2 heterocycles. The second kappa shape index (κ2) is 8.72. The Morgan fingerprint density at radius 2 is 1.71 bits per heavy atom. The number of benzene rings is 3. The van der Waals surface area contributed by atoms with Crippen LogP contribution in [0, 0.1) is 0 Å². The lowest BCUT2D eigenvalue weighted by Gasteiger charge is -2.26. The minimum atomic E-state index is -1.26. The highest BCUT2D eigenvalue weighted by atomic mass is 16.5. The number of imide groups is 1. The van der Waals surface area contributed by atoms with Gasteiger partial charge in [0.2, 0.25) is 0 Å². The quantitative estimate of drug-likeness (QED) is 0.439. The lowest BCUT2D eigenvalue weighted by molar-refractivity contribution is -0.133. The van der Waals surface area contributed by atoms with E-state index in [0.29, 0.717) is 29.5 Å². The number of fused-ring (bicyclic) bond motifs is 1. The van der Waals surface area contributed by atoms with Crippen molar-refractivity contribution in [2.24, 2.45) is 0 Å². The summed E-state index contributed by atoms with van der Waals surface area (Å²) in [6.07, 6.45) is 0.259. The molecule has 1 saturated heterocycles. The van der Waals surface area contributed by atoms with E-state index in [4.69, 9.17) is 4.74 Å². The van der Waals surface area contributed by atoms with Crippen LogP contribution >= 0.6 is 0 Å². The number of cyclic esters (lactones) is 1. The van der Waals surface area contributed by atoms with Crippen molar-refractivity contribution in [1.82, 2.24) is 15.8 Å². The summed E-state index contributed by atoms with van der Waals surface area (Å²) < 4.78 is 5.57. The number of carbonyl (C=O) groups excluding carboxylic acids is 4.